The summed E-state index contributed by atoms with van der Waals surface area (Å²) in [4.78, 5) is 13.6. The van der Waals surface area contributed by atoms with Crippen LogP contribution in [0.3, 0.4) is 0 Å². The molecular weight excluding hydrogens is 335 g/mol. The molecular formula is C18H18F3NO3. The van der Waals surface area contributed by atoms with Gasteiger partial charge in [-0.05, 0) is 35.7 Å². The van der Waals surface area contributed by atoms with Gasteiger partial charge in [-0.2, -0.15) is 0 Å². The maximum atomic E-state index is 12.2. The van der Waals surface area contributed by atoms with E-state index in [-0.39, 0.29) is 30.4 Å². The SMILES string of the molecule is CN(Cc1ccc(OC(F)(F)F)cc1)C(=O)CCc1ccccc1O. The van der Waals surface area contributed by atoms with Crippen LogP contribution in [0.1, 0.15) is 17.5 Å². The number of benzene rings is 2. The zero-order chi connectivity index (χ0) is 18.4. The van der Waals surface area contributed by atoms with E-state index in [0.717, 1.165) is 0 Å². The number of para-hydroxylation sites is 1. The maximum Gasteiger partial charge on any atom is 0.573 e. The fraction of sp³-hybridized carbons (Fsp3) is 0.278. The van der Waals surface area contributed by atoms with Gasteiger partial charge in [-0.1, -0.05) is 30.3 Å². The standard InChI is InChI=1S/C18H18F3NO3/c1-22(17(24)11-8-14-4-2-3-5-16(14)23)12-13-6-9-15(10-7-13)25-18(19,20)21/h2-7,9-10,23H,8,11-12H2,1H3. The van der Waals surface area contributed by atoms with E-state index < -0.39 is 6.36 Å². The van der Waals surface area contributed by atoms with Crippen molar-refractivity contribution in [1.82, 2.24) is 4.90 Å². The molecule has 0 aliphatic rings. The Hall–Kier alpha value is -2.70. The number of alkyl halides is 3. The summed E-state index contributed by atoms with van der Waals surface area (Å²) >= 11 is 0. The van der Waals surface area contributed by atoms with Crippen molar-refractivity contribution >= 4 is 5.91 Å². The van der Waals surface area contributed by atoms with Gasteiger partial charge in [0.2, 0.25) is 5.91 Å². The van der Waals surface area contributed by atoms with Crippen molar-refractivity contribution in [2.24, 2.45) is 0 Å². The van der Waals surface area contributed by atoms with Gasteiger partial charge in [0.15, 0.2) is 0 Å². The van der Waals surface area contributed by atoms with Crippen molar-refractivity contribution in [1.29, 1.82) is 0 Å². The number of halogens is 3. The number of rotatable bonds is 6. The van der Waals surface area contributed by atoms with Crippen LogP contribution in [0, 0.1) is 0 Å². The summed E-state index contributed by atoms with van der Waals surface area (Å²) in [5.41, 5.74) is 1.38. The molecule has 2 aromatic carbocycles. The third kappa shape index (κ3) is 6.02. The highest BCUT2D eigenvalue weighted by atomic mass is 19.4. The molecule has 1 amide bonds. The van der Waals surface area contributed by atoms with Crippen LogP contribution in [0.2, 0.25) is 0 Å². The number of carbonyl (C=O) groups is 1. The van der Waals surface area contributed by atoms with Crippen LogP contribution >= 0.6 is 0 Å². The van der Waals surface area contributed by atoms with Crippen LogP contribution in [-0.2, 0) is 17.8 Å². The van der Waals surface area contributed by atoms with Gasteiger partial charge >= 0.3 is 6.36 Å². The number of aryl methyl sites for hydroxylation is 1. The maximum absolute atomic E-state index is 12.2. The third-order valence-electron chi connectivity index (χ3n) is 3.60. The molecule has 0 spiro atoms. The predicted molar refractivity (Wildman–Crippen MR) is 86.0 cm³/mol. The van der Waals surface area contributed by atoms with Crippen molar-refractivity contribution in [3.05, 3.63) is 59.7 Å². The highest BCUT2D eigenvalue weighted by molar-refractivity contribution is 5.76. The second kappa shape index (κ2) is 7.92. The summed E-state index contributed by atoms with van der Waals surface area (Å²) in [6, 6.07) is 12.2. The van der Waals surface area contributed by atoms with E-state index >= 15 is 0 Å². The topological polar surface area (TPSA) is 49.8 Å². The molecule has 0 fully saturated rings. The van der Waals surface area contributed by atoms with E-state index in [1.807, 2.05) is 0 Å². The Morgan fingerprint density at radius 2 is 1.76 bits per heavy atom. The molecule has 0 aromatic heterocycles. The molecule has 0 radical (unpaired) electrons. The van der Waals surface area contributed by atoms with E-state index in [2.05, 4.69) is 4.74 Å². The lowest BCUT2D eigenvalue weighted by Gasteiger charge is -2.18. The van der Waals surface area contributed by atoms with Crippen molar-refractivity contribution in [2.75, 3.05) is 7.05 Å². The average molecular weight is 353 g/mol. The molecule has 0 aliphatic carbocycles. The number of carbonyl (C=O) groups excluding carboxylic acids is 1. The Labute approximate surface area is 143 Å². The number of ether oxygens (including phenoxy) is 1. The van der Waals surface area contributed by atoms with Crippen LogP contribution in [0.5, 0.6) is 11.5 Å². The highest BCUT2D eigenvalue weighted by Crippen LogP contribution is 2.23. The highest BCUT2D eigenvalue weighted by Gasteiger charge is 2.30. The van der Waals surface area contributed by atoms with Crippen LogP contribution < -0.4 is 4.74 Å². The van der Waals surface area contributed by atoms with E-state index in [1.54, 1.807) is 31.3 Å². The summed E-state index contributed by atoms with van der Waals surface area (Å²) in [6.45, 7) is 0.270. The lowest BCUT2D eigenvalue weighted by atomic mass is 10.1. The monoisotopic (exact) mass is 353 g/mol. The molecule has 134 valence electrons. The molecule has 0 bridgehead atoms. The minimum absolute atomic E-state index is 0.126. The van der Waals surface area contributed by atoms with E-state index in [4.69, 9.17) is 0 Å². The molecule has 0 unspecified atom stereocenters. The number of hydrogen-bond donors (Lipinski definition) is 1. The minimum atomic E-state index is -4.72. The zero-order valence-electron chi connectivity index (χ0n) is 13.6. The van der Waals surface area contributed by atoms with Gasteiger partial charge in [-0.15, -0.1) is 13.2 Å². The first-order valence-electron chi connectivity index (χ1n) is 7.60. The molecule has 2 rings (SSSR count). The van der Waals surface area contributed by atoms with Crippen LogP contribution in [0.4, 0.5) is 13.2 Å². The van der Waals surface area contributed by atoms with Gasteiger partial charge in [0, 0.05) is 20.0 Å². The Bertz CT molecular complexity index is 714. The number of nitrogens with zero attached hydrogens (tertiary/aromatic N) is 1. The van der Waals surface area contributed by atoms with E-state index in [9.17, 15) is 23.1 Å². The lowest BCUT2D eigenvalue weighted by molar-refractivity contribution is -0.274. The number of hydrogen-bond acceptors (Lipinski definition) is 3. The van der Waals surface area contributed by atoms with Crippen LogP contribution in [-0.4, -0.2) is 29.3 Å². The van der Waals surface area contributed by atoms with Crippen molar-refractivity contribution in [3.8, 4) is 11.5 Å². The molecule has 0 atom stereocenters. The first-order valence-corrected chi connectivity index (χ1v) is 7.60. The van der Waals surface area contributed by atoms with Gasteiger partial charge in [0.25, 0.3) is 0 Å². The van der Waals surface area contributed by atoms with E-state index in [0.29, 0.717) is 17.5 Å². The smallest absolute Gasteiger partial charge is 0.508 e. The Kier molecular flexibility index (Phi) is 5.90. The molecule has 25 heavy (non-hydrogen) atoms. The predicted octanol–water partition coefficient (Wildman–Crippen LogP) is 3.88. The summed E-state index contributed by atoms with van der Waals surface area (Å²) < 4.78 is 40.2. The largest absolute Gasteiger partial charge is 0.573 e. The summed E-state index contributed by atoms with van der Waals surface area (Å²) in [5.74, 6) is -0.276. The summed E-state index contributed by atoms with van der Waals surface area (Å²) in [7, 11) is 1.62. The molecule has 0 aliphatic heterocycles. The number of phenols is 1. The first-order chi connectivity index (χ1) is 11.7. The number of amides is 1. The number of aromatic hydroxyl groups is 1. The number of phenolic OH excluding ortho intramolecular Hbond substituents is 1. The first kappa shape index (κ1) is 18.6. The van der Waals surface area contributed by atoms with E-state index in [1.165, 1.54) is 29.2 Å². The fourth-order valence-corrected chi connectivity index (χ4v) is 2.31. The molecule has 2 aromatic rings. The lowest BCUT2D eigenvalue weighted by Crippen LogP contribution is -2.26. The molecule has 4 nitrogen and oxygen atoms in total. The van der Waals surface area contributed by atoms with Gasteiger partial charge in [-0.3, -0.25) is 4.79 Å². The van der Waals surface area contributed by atoms with Crippen molar-refractivity contribution in [3.63, 3.8) is 0 Å². The second-order valence-corrected chi connectivity index (χ2v) is 5.57. The van der Waals surface area contributed by atoms with Gasteiger partial charge < -0.3 is 14.7 Å². The second-order valence-electron chi connectivity index (χ2n) is 5.57. The average Bonchev–Trinajstić information content (AvgIpc) is 2.54. The summed E-state index contributed by atoms with van der Waals surface area (Å²) in [6.07, 6.45) is -4.09. The minimum Gasteiger partial charge on any atom is -0.508 e. The van der Waals surface area contributed by atoms with Crippen LogP contribution in [0.25, 0.3) is 0 Å². The fourth-order valence-electron chi connectivity index (χ4n) is 2.31. The van der Waals surface area contributed by atoms with Gasteiger partial charge in [0.1, 0.15) is 11.5 Å². The quantitative estimate of drug-likeness (QED) is 0.857. The Morgan fingerprint density at radius 3 is 2.36 bits per heavy atom. The van der Waals surface area contributed by atoms with Gasteiger partial charge in [0.05, 0.1) is 0 Å². The van der Waals surface area contributed by atoms with Crippen LogP contribution in [0.15, 0.2) is 48.5 Å². The molecule has 0 saturated heterocycles. The molecule has 7 heteroatoms. The van der Waals surface area contributed by atoms with Crippen molar-refractivity contribution in [2.45, 2.75) is 25.7 Å². The summed E-state index contributed by atoms with van der Waals surface area (Å²) in [5, 5.41) is 9.69. The Balaban J connectivity index is 1.87. The van der Waals surface area contributed by atoms with Gasteiger partial charge in [-0.25, -0.2) is 0 Å². The molecule has 0 heterocycles. The third-order valence-corrected chi connectivity index (χ3v) is 3.60. The normalized spacial score (nSPS) is 11.2. The zero-order valence-corrected chi connectivity index (χ0v) is 13.6. The molecule has 1 N–H and O–H groups in total. The Morgan fingerprint density at radius 1 is 1.12 bits per heavy atom. The van der Waals surface area contributed by atoms with Crippen molar-refractivity contribution < 1.29 is 27.8 Å². The molecule has 0 saturated carbocycles.